The van der Waals surface area contributed by atoms with E-state index in [9.17, 15) is 0 Å². The third-order valence-electron chi connectivity index (χ3n) is 4.50. The van der Waals surface area contributed by atoms with Gasteiger partial charge in [-0.2, -0.15) is 0 Å². The molecular formula is C21H32GeN+. The predicted octanol–water partition coefficient (Wildman–Crippen LogP) is 4.54. The van der Waals surface area contributed by atoms with Crippen LogP contribution in [0.25, 0.3) is 11.3 Å². The fourth-order valence-electron chi connectivity index (χ4n) is 3.41. The minimum absolute atomic E-state index is 0.705. The second kappa shape index (κ2) is 6.80. The topological polar surface area (TPSA) is 3.88 Å². The fraction of sp³-hybridized carbons (Fsp3) is 0.476. The van der Waals surface area contributed by atoms with E-state index >= 15 is 0 Å². The van der Waals surface area contributed by atoms with Gasteiger partial charge in [-0.3, -0.25) is 0 Å². The molecule has 0 fully saturated rings. The van der Waals surface area contributed by atoms with Crippen LogP contribution in [0.1, 0.15) is 30.5 Å². The summed E-state index contributed by atoms with van der Waals surface area (Å²) in [7, 11) is 2.19. The molecule has 1 aromatic carbocycles. The third-order valence-corrected chi connectivity index (χ3v) is 8.99. The van der Waals surface area contributed by atoms with Crippen molar-refractivity contribution in [3.8, 4) is 11.3 Å². The molecule has 1 heterocycles. The molecule has 0 unspecified atom stereocenters. The van der Waals surface area contributed by atoms with Gasteiger partial charge in [0.1, 0.15) is 0 Å². The van der Waals surface area contributed by atoms with Crippen molar-refractivity contribution in [3.05, 3.63) is 47.2 Å². The van der Waals surface area contributed by atoms with Crippen molar-refractivity contribution in [2.24, 2.45) is 13.0 Å². The second-order valence-corrected chi connectivity index (χ2v) is 18.9. The van der Waals surface area contributed by atoms with E-state index < -0.39 is 13.3 Å². The van der Waals surface area contributed by atoms with Gasteiger partial charge in [-0.05, 0) is 0 Å². The summed E-state index contributed by atoms with van der Waals surface area (Å²) in [5.41, 5.74) is 6.96. The first-order valence-electron chi connectivity index (χ1n) is 8.70. The molecule has 0 aliphatic heterocycles. The van der Waals surface area contributed by atoms with Gasteiger partial charge in [0.25, 0.3) is 0 Å². The number of hydrogen-bond donors (Lipinski definition) is 0. The summed E-state index contributed by atoms with van der Waals surface area (Å²) in [6, 6.07) is 9.35. The quantitative estimate of drug-likeness (QED) is 0.549. The van der Waals surface area contributed by atoms with Crippen LogP contribution in [0.4, 0.5) is 0 Å². The van der Waals surface area contributed by atoms with Crippen molar-refractivity contribution in [3.63, 3.8) is 0 Å². The number of hydrogen-bond acceptors (Lipinski definition) is 0. The van der Waals surface area contributed by atoms with Crippen molar-refractivity contribution in [2.45, 2.75) is 51.4 Å². The molecule has 2 rings (SSSR count). The van der Waals surface area contributed by atoms with E-state index in [0.717, 1.165) is 6.42 Å². The summed E-state index contributed by atoms with van der Waals surface area (Å²) in [6.07, 6.45) is 3.54. The molecule has 0 saturated heterocycles. The first-order valence-corrected chi connectivity index (χ1v) is 16.0. The monoisotopic (exact) mass is 372 g/mol. The van der Waals surface area contributed by atoms with Crippen LogP contribution < -0.4 is 8.96 Å². The van der Waals surface area contributed by atoms with Crippen molar-refractivity contribution < 1.29 is 4.57 Å². The van der Waals surface area contributed by atoms with Crippen molar-refractivity contribution >= 4 is 17.7 Å². The van der Waals surface area contributed by atoms with Crippen LogP contribution >= 0.6 is 0 Å². The molecular weight excluding hydrogens is 339 g/mol. The van der Waals surface area contributed by atoms with Crippen LogP contribution in [0.5, 0.6) is 0 Å². The zero-order valence-corrected chi connectivity index (χ0v) is 18.2. The van der Waals surface area contributed by atoms with Crippen molar-refractivity contribution in [1.29, 1.82) is 0 Å². The molecule has 23 heavy (non-hydrogen) atoms. The van der Waals surface area contributed by atoms with Crippen molar-refractivity contribution in [1.82, 2.24) is 0 Å². The predicted molar refractivity (Wildman–Crippen MR) is 104 cm³/mol. The summed E-state index contributed by atoms with van der Waals surface area (Å²) in [4.78, 5) is 0. The van der Waals surface area contributed by atoms with E-state index in [1.165, 1.54) is 27.9 Å². The molecule has 2 heteroatoms. The van der Waals surface area contributed by atoms with Gasteiger partial charge in [-0.1, -0.05) is 0 Å². The zero-order valence-electron chi connectivity index (χ0n) is 16.1. The van der Waals surface area contributed by atoms with Gasteiger partial charge in [0, 0.05) is 0 Å². The van der Waals surface area contributed by atoms with Gasteiger partial charge in [0.05, 0.1) is 0 Å². The van der Waals surface area contributed by atoms with E-state index in [-0.39, 0.29) is 0 Å². The first-order chi connectivity index (χ1) is 10.6. The summed E-state index contributed by atoms with van der Waals surface area (Å²) in [5, 5.41) is 0. The molecule has 0 radical (unpaired) electrons. The SMILES string of the molecule is Cc1cc(CC(C)C)ccc1-c1cc(C)[c]([Ge]([CH3])([CH3])[CH3])c[n+]1C. The maximum absolute atomic E-state index is 2.47. The second-order valence-electron chi connectivity index (χ2n) is 8.36. The number of aryl methyl sites for hydroxylation is 3. The summed E-state index contributed by atoms with van der Waals surface area (Å²) in [6.45, 7) is 9.08. The van der Waals surface area contributed by atoms with E-state index in [0.29, 0.717) is 5.92 Å². The average Bonchev–Trinajstić information content (AvgIpc) is 2.39. The average molecular weight is 371 g/mol. The molecule has 0 spiro atoms. The molecule has 0 aliphatic rings. The van der Waals surface area contributed by atoms with Gasteiger partial charge in [-0.25, -0.2) is 0 Å². The Hall–Kier alpha value is -1.09. The Morgan fingerprint density at radius 1 is 1.00 bits per heavy atom. The number of rotatable bonds is 4. The van der Waals surface area contributed by atoms with E-state index in [1.54, 1.807) is 4.40 Å². The van der Waals surface area contributed by atoms with E-state index in [2.05, 4.69) is 87.0 Å². The first kappa shape index (κ1) is 18.3. The van der Waals surface area contributed by atoms with E-state index in [1.807, 2.05) is 0 Å². The Morgan fingerprint density at radius 3 is 2.17 bits per heavy atom. The van der Waals surface area contributed by atoms with Crippen molar-refractivity contribution in [2.75, 3.05) is 0 Å². The summed E-state index contributed by atoms with van der Waals surface area (Å²) in [5.74, 6) is 8.10. The zero-order chi connectivity index (χ0) is 17.4. The third kappa shape index (κ3) is 4.26. The summed E-state index contributed by atoms with van der Waals surface area (Å²) < 4.78 is 3.92. The van der Waals surface area contributed by atoms with Gasteiger partial charge in [0.2, 0.25) is 0 Å². The maximum atomic E-state index is 2.47. The Balaban J connectivity index is 2.49. The van der Waals surface area contributed by atoms with Gasteiger partial charge in [0.15, 0.2) is 0 Å². The van der Waals surface area contributed by atoms with Crippen LogP contribution in [-0.4, -0.2) is 13.3 Å². The normalized spacial score (nSPS) is 12.0. The molecule has 2 aromatic rings. The van der Waals surface area contributed by atoms with E-state index in [4.69, 9.17) is 0 Å². The molecule has 0 aliphatic carbocycles. The Kier molecular flexibility index (Phi) is 5.40. The van der Waals surface area contributed by atoms with Crippen LogP contribution in [0, 0.1) is 19.8 Å². The van der Waals surface area contributed by atoms with Gasteiger partial charge in [-0.15, -0.1) is 0 Å². The van der Waals surface area contributed by atoms with Crippen LogP contribution in [-0.2, 0) is 13.5 Å². The van der Waals surface area contributed by atoms with Crippen LogP contribution in [0.2, 0.25) is 17.3 Å². The van der Waals surface area contributed by atoms with Crippen LogP contribution in [0.15, 0.2) is 30.5 Å². The Bertz CT molecular complexity index is 709. The molecule has 0 bridgehead atoms. The number of aromatic nitrogens is 1. The fourth-order valence-corrected chi connectivity index (χ4v) is 7.27. The molecule has 1 nitrogen and oxygen atoms in total. The van der Waals surface area contributed by atoms with Gasteiger partial charge >= 0.3 is 145 Å². The van der Waals surface area contributed by atoms with Gasteiger partial charge < -0.3 is 0 Å². The molecule has 0 saturated carbocycles. The minimum atomic E-state index is -1.81. The molecule has 0 atom stereocenters. The number of pyridine rings is 1. The number of nitrogens with zero attached hydrogens (tertiary/aromatic N) is 1. The molecule has 0 amide bonds. The summed E-state index contributed by atoms with van der Waals surface area (Å²) >= 11 is -1.81. The molecule has 0 N–H and O–H groups in total. The molecule has 1 aromatic heterocycles. The number of benzene rings is 1. The Labute approximate surface area is 145 Å². The Morgan fingerprint density at radius 2 is 1.65 bits per heavy atom. The standard InChI is InChI=1S/C21H32GeN/c1-15(2)11-18-9-10-19(16(3)12-18)21-13-17(4)20(14-23(21)8)22(5,6)7/h9-10,12-15H,11H2,1-8H3/q+1. The van der Waals surface area contributed by atoms with Crippen LogP contribution in [0.3, 0.4) is 0 Å². The molecule has 124 valence electrons.